The Balaban J connectivity index is 1.06. The van der Waals surface area contributed by atoms with Crippen molar-refractivity contribution in [3.63, 3.8) is 0 Å². The summed E-state index contributed by atoms with van der Waals surface area (Å²) in [5.74, 6) is 0.536. The summed E-state index contributed by atoms with van der Waals surface area (Å²) in [6, 6.07) is 0. The second kappa shape index (κ2) is 8.69. The summed E-state index contributed by atoms with van der Waals surface area (Å²) in [4.78, 5) is 51.4. The lowest BCUT2D eigenvalue weighted by molar-refractivity contribution is -0.186. The van der Waals surface area contributed by atoms with E-state index in [1.165, 1.54) is 25.7 Å². The first-order valence-electron chi connectivity index (χ1n) is 15.1. The van der Waals surface area contributed by atoms with Crippen molar-refractivity contribution in [2.75, 3.05) is 6.61 Å². The maximum Gasteiger partial charge on any atom is 0.344 e. The highest BCUT2D eigenvalue weighted by Crippen LogP contribution is 2.71. The third-order valence-electron chi connectivity index (χ3n) is 12.2. The molecule has 1 heterocycles. The molecule has 7 fully saturated rings. The maximum atomic E-state index is 13.9. The molecule has 0 spiro atoms. The van der Waals surface area contributed by atoms with Crippen LogP contribution in [-0.2, 0) is 38.1 Å². The summed E-state index contributed by atoms with van der Waals surface area (Å²) in [7, 11) is 0. The van der Waals surface area contributed by atoms with Crippen LogP contribution in [0.2, 0.25) is 0 Å². The van der Waals surface area contributed by atoms with Crippen molar-refractivity contribution in [3.05, 3.63) is 0 Å². The minimum atomic E-state index is -0.706. The molecule has 7 rings (SSSR count). The van der Waals surface area contributed by atoms with E-state index < -0.39 is 48.2 Å². The van der Waals surface area contributed by atoms with Gasteiger partial charge >= 0.3 is 23.9 Å². The zero-order valence-electron chi connectivity index (χ0n) is 22.6. The summed E-state index contributed by atoms with van der Waals surface area (Å²) >= 11 is 0. The Morgan fingerprint density at radius 1 is 1.03 bits per heavy atom. The van der Waals surface area contributed by atoms with Crippen LogP contribution in [0.1, 0.15) is 72.1 Å². The van der Waals surface area contributed by atoms with Gasteiger partial charge in [-0.2, -0.15) is 0 Å². The largest absolute Gasteiger partial charge is 0.459 e. The second-order valence-electron chi connectivity index (χ2n) is 13.5. The van der Waals surface area contributed by atoms with Gasteiger partial charge in [-0.05, 0) is 81.0 Å². The fourth-order valence-corrected chi connectivity index (χ4v) is 10.7. The van der Waals surface area contributed by atoms with Crippen LogP contribution in [0.15, 0.2) is 0 Å². The molecule has 8 heteroatoms. The quantitative estimate of drug-likeness (QED) is 0.267. The minimum absolute atomic E-state index is 0.141. The van der Waals surface area contributed by atoms with Crippen LogP contribution in [0.25, 0.3) is 0 Å². The molecule has 0 aromatic heterocycles. The van der Waals surface area contributed by atoms with Crippen LogP contribution in [0, 0.1) is 65.1 Å². The van der Waals surface area contributed by atoms with E-state index in [0.29, 0.717) is 30.6 Å². The topological polar surface area (TPSA) is 105 Å². The molecule has 0 amide bonds. The number of rotatable bonds is 8. The Morgan fingerprint density at radius 2 is 1.79 bits per heavy atom. The molecule has 0 aromatic rings. The first-order valence-corrected chi connectivity index (χ1v) is 15.1. The SMILES string of the molecule is CCC(C)C(=O)OCC(=O)OC1C2CC3C1OC(=O)C3C2C(=O)OC1(CC)CC2CC1C1C3CCC(C3)C21. The highest BCUT2D eigenvalue weighted by Gasteiger charge is 2.72. The molecule has 1 saturated heterocycles. The lowest BCUT2D eigenvalue weighted by Gasteiger charge is -2.46. The molecule has 0 radical (unpaired) electrons. The van der Waals surface area contributed by atoms with Crippen molar-refractivity contribution < 1.29 is 38.1 Å². The zero-order chi connectivity index (χ0) is 26.5. The number of hydrogen-bond donors (Lipinski definition) is 0. The Labute approximate surface area is 223 Å². The fraction of sp³-hybridized carbons (Fsp3) is 0.867. The maximum absolute atomic E-state index is 13.9. The average molecular weight is 529 g/mol. The van der Waals surface area contributed by atoms with Gasteiger partial charge in [0, 0.05) is 17.8 Å². The summed E-state index contributed by atoms with van der Waals surface area (Å²) in [5.41, 5.74) is -0.437. The molecule has 6 saturated carbocycles. The molecule has 6 bridgehead atoms. The number of esters is 4. The van der Waals surface area contributed by atoms with Gasteiger partial charge in [0.1, 0.15) is 17.8 Å². The first kappa shape index (κ1) is 24.9. The van der Waals surface area contributed by atoms with Crippen molar-refractivity contribution in [2.45, 2.75) is 89.9 Å². The Morgan fingerprint density at radius 3 is 2.53 bits per heavy atom. The van der Waals surface area contributed by atoms with Gasteiger partial charge in [-0.1, -0.05) is 20.8 Å². The van der Waals surface area contributed by atoms with E-state index in [2.05, 4.69) is 6.92 Å². The molecular formula is C30H40O8. The normalized spacial score (nSPS) is 49.2. The van der Waals surface area contributed by atoms with Gasteiger partial charge in [-0.15, -0.1) is 0 Å². The van der Waals surface area contributed by atoms with Crippen molar-refractivity contribution in [1.82, 2.24) is 0 Å². The first-order chi connectivity index (χ1) is 18.3. The Bertz CT molecular complexity index is 1050. The predicted octanol–water partition coefficient (Wildman–Crippen LogP) is 3.69. The van der Waals surface area contributed by atoms with Gasteiger partial charge < -0.3 is 18.9 Å². The van der Waals surface area contributed by atoms with E-state index in [-0.39, 0.29) is 29.7 Å². The van der Waals surface area contributed by atoms with E-state index in [9.17, 15) is 19.2 Å². The lowest BCUT2D eigenvalue weighted by Crippen LogP contribution is -2.50. The molecule has 38 heavy (non-hydrogen) atoms. The molecule has 0 N–H and O–H groups in total. The smallest absolute Gasteiger partial charge is 0.344 e. The highest BCUT2D eigenvalue weighted by molar-refractivity contribution is 5.86. The van der Waals surface area contributed by atoms with E-state index in [1.54, 1.807) is 6.92 Å². The average Bonchev–Trinajstić information content (AvgIpc) is 3.74. The summed E-state index contributed by atoms with van der Waals surface area (Å²) in [5, 5.41) is 0. The van der Waals surface area contributed by atoms with Crippen LogP contribution < -0.4 is 0 Å². The van der Waals surface area contributed by atoms with E-state index >= 15 is 0 Å². The van der Waals surface area contributed by atoms with Crippen LogP contribution in [0.5, 0.6) is 0 Å². The third-order valence-corrected chi connectivity index (χ3v) is 12.2. The van der Waals surface area contributed by atoms with Gasteiger partial charge in [0.15, 0.2) is 6.61 Å². The number of fused-ring (bicyclic) bond motifs is 10. The Kier molecular flexibility index (Phi) is 5.69. The number of hydrogen-bond acceptors (Lipinski definition) is 8. The molecule has 208 valence electrons. The van der Waals surface area contributed by atoms with Gasteiger partial charge in [0.25, 0.3) is 0 Å². The molecular weight excluding hydrogens is 488 g/mol. The number of carbonyl (C=O) groups excluding carboxylic acids is 4. The Hall–Kier alpha value is -2.12. The number of carbonyl (C=O) groups is 4. The van der Waals surface area contributed by atoms with Crippen molar-refractivity contribution in [1.29, 1.82) is 0 Å². The van der Waals surface area contributed by atoms with E-state index in [0.717, 1.165) is 30.6 Å². The minimum Gasteiger partial charge on any atom is -0.459 e. The third kappa shape index (κ3) is 3.33. The standard InChI is InChI=1S/C30H40O8/c1-4-13(3)27(32)35-12-20(31)36-25-18-10-17-23(28(33)37-26(17)25)24(18)29(34)38-30(5-2)11-16-9-19(30)22-15-7-6-14(8-15)21(16)22/h13-19,21-26H,4-12H2,1-3H3. The lowest BCUT2D eigenvalue weighted by atomic mass is 9.65. The van der Waals surface area contributed by atoms with Gasteiger partial charge in [0.05, 0.1) is 17.8 Å². The number of ether oxygens (including phenoxy) is 4. The van der Waals surface area contributed by atoms with Crippen LogP contribution in [-0.4, -0.2) is 48.3 Å². The fourth-order valence-electron chi connectivity index (χ4n) is 10.7. The van der Waals surface area contributed by atoms with Crippen LogP contribution in [0.3, 0.4) is 0 Å². The second-order valence-corrected chi connectivity index (χ2v) is 13.5. The summed E-state index contributed by atoms with van der Waals surface area (Å²) < 4.78 is 23.0. The molecule has 14 atom stereocenters. The van der Waals surface area contributed by atoms with Crippen molar-refractivity contribution in [3.8, 4) is 0 Å². The highest BCUT2D eigenvalue weighted by atomic mass is 16.6. The van der Waals surface area contributed by atoms with Crippen LogP contribution in [0.4, 0.5) is 0 Å². The molecule has 8 nitrogen and oxygen atoms in total. The monoisotopic (exact) mass is 528 g/mol. The van der Waals surface area contributed by atoms with Crippen LogP contribution >= 0.6 is 0 Å². The van der Waals surface area contributed by atoms with Gasteiger partial charge in [-0.3, -0.25) is 14.4 Å². The van der Waals surface area contributed by atoms with Crippen molar-refractivity contribution in [2.24, 2.45) is 65.1 Å². The predicted molar refractivity (Wildman–Crippen MR) is 132 cm³/mol. The molecule has 1 aliphatic heterocycles. The molecule has 7 aliphatic rings. The van der Waals surface area contributed by atoms with E-state index in [1.807, 2.05) is 6.92 Å². The molecule has 14 unspecified atom stereocenters. The summed E-state index contributed by atoms with van der Waals surface area (Å²) in [6.45, 7) is 5.28. The summed E-state index contributed by atoms with van der Waals surface area (Å²) in [6.07, 6.45) is 6.96. The van der Waals surface area contributed by atoms with Gasteiger partial charge in [0.2, 0.25) is 0 Å². The van der Waals surface area contributed by atoms with E-state index in [4.69, 9.17) is 18.9 Å². The molecule has 6 aliphatic carbocycles. The molecule has 0 aromatic carbocycles. The van der Waals surface area contributed by atoms with Gasteiger partial charge in [-0.25, -0.2) is 4.79 Å². The zero-order valence-corrected chi connectivity index (χ0v) is 22.6. The van der Waals surface area contributed by atoms with Crippen molar-refractivity contribution >= 4 is 23.9 Å².